The standard InChI is InChI=1S/C26H32N2O3/c1-17-6-5-9-22-26(17)31-25(28-22)13-18-12-20(16-27-15-18)19-10-11-23(29-2)24(14-19)30-21-7-3-4-8-21/h5-6,9-11,14,18,20-21,27H,3-4,7-8,12-13,15-16H2,1-2H3/t18-,20+/m0/s1. The lowest BCUT2D eigenvalue weighted by Gasteiger charge is -2.30. The molecule has 3 aromatic rings. The lowest BCUT2D eigenvalue weighted by molar-refractivity contribution is 0.200. The molecule has 1 aliphatic carbocycles. The van der Waals surface area contributed by atoms with Crippen molar-refractivity contribution in [2.24, 2.45) is 5.92 Å². The zero-order valence-electron chi connectivity index (χ0n) is 18.5. The van der Waals surface area contributed by atoms with Gasteiger partial charge >= 0.3 is 0 Å². The Morgan fingerprint density at radius 2 is 1.97 bits per heavy atom. The molecule has 0 bridgehead atoms. The largest absolute Gasteiger partial charge is 0.493 e. The predicted molar refractivity (Wildman–Crippen MR) is 122 cm³/mol. The van der Waals surface area contributed by atoms with Gasteiger partial charge in [-0.2, -0.15) is 0 Å². The number of benzene rings is 2. The van der Waals surface area contributed by atoms with Crippen molar-refractivity contribution < 1.29 is 13.9 Å². The lowest BCUT2D eigenvalue weighted by atomic mass is 9.84. The molecule has 5 heteroatoms. The van der Waals surface area contributed by atoms with Crippen LogP contribution in [-0.4, -0.2) is 31.3 Å². The van der Waals surface area contributed by atoms with Crippen molar-refractivity contribution in [2.75, 3.05) is 20.2 Å². The maximum absolute atomic E-state index is 6.33. The third-order valence-electron chi connectivity index (χ3n) is 6.82. The van der Waals surface area contributed by atoms with Crippen molar-refractivity contribution in [3.8, 4) is 11.5 Å². The average Bonchev–Trinajstić information content (AvgIpc) is 3.44. The van der Waals surface area contributed by atoms with Gasteiger partial charge in [0.25, 0.3) is 0 Å². The highest BCUT2D eigenvalue weighted by atomic mass is 16.5. The van der Waals surface area contributed by atoms with Crippen molar-refractivity contribution in [2.45, 2.75) is 57.5 Å². The lowest BCUT2D eigenvalue weighted by Crippen LogP contribution is -2.36. The average molecular weight is 421 g/mol. The van der Waals surface area contributed by atoms with Gasteiger partial charge in [0.2, 0.25) is 0 Å². The van der Waals surface area contributed by atoms with E-state index in [-0.39, 0.29) is 0 Å². The fraction of sp³-hybridized carbons (Fsp3) is 0.500. The molecule has 2 aliphatic rings. The van der Waals surface area contributed by atoms with E-state index in [0.29, 0.717) is 17.9 Å². The minimum absolute atomic E-state index is 0.323. The smallest absolute Gasteiger partial charge is 0.195 e. The number of ether oxygens (including phenoxy) is 2. The van der Waals surface area contributed by atoms with Crippen LogP contribution in [0.1, 0.15) is 55.0 Å². The summed E-state index contributed by atoms with van der Waals surface area (Å²) in [5.74, 6) is 3.51. The van der Waals surface area contributed by atoms with Gasteiger partial charge < -0.3 is 19.2 Å². The molecule has 1 N–H and O–H groups in total. The first kappa shape index (κ1) is 20.4. The summed E-state index contributed by atoms with van der Waals surface area (Å²) in [6, 6.07) is 12.6. The summed E-state index contributed by atoms with van der Waals surface area (Å²) in [6.45, 7) is 4.05. The van der Waals surface area contributed by atoms with Crippen molar-refractivity contribution in [3.05, 3.63) is 53.4 Å². The number of methoxy groups -OCH3 is 1. The summed E-state index contributed by atoms with van der Waals surface area (Å²) in [6.07, 6.45) is 7.10. The Morgan fingerprint density at radius 3 is 2.77 bits per heavy atom. The third kappa shape index (κ3) is 4.42. The van der Waals surface area contributed by atoms with Gasteiger partial charge in [-0.15, -0.1) is 0 Å². The van der Waals surface area contributed by atoms with Gasteiger partial charge in [0.05, 0.1) is 13.2 Å². The minimum Gasteiger partial charge on any atom is -0.493 e. The van der Waals surface area contributed by atoms with Crippen LogP contribution in [0, 0.1) is 12.8 Å². The number of nitrogens with one attached hydrogen (secondary N) is 1. The Kier molecular flexibility index (Phi) is 5.86. The molecule has 2 atom stereocenters. The number of oxazole rings is 1. The molecule has 0 unspecified atom stereocenters. The van der Waals surface area contributed by atoms with Gasteiger partial charge in [0, 0.05) is 13.0 Å². The molecule has 31 heavy (non-hydrogen) atoms. The van der Waals surface area contributed by atoms with E-state index in [0.717, 1.165) is 72.8 Å². The van der Waals surface area contributed by atoms with Crippen molar-refractivity contribution in [1.29, 1.82) is 0 Å². The van der Waals surface area contributed by atoms with Crippen LogP contribution in [0.4, 0.5) is 0 Å². The molecule has 1 aromatic heterocycles. The van der Waals surface area contributed by atoms with Crippen molar-refractivity contribution >= 4 is 11.1 Å². The number of aryl methyl sites for hydroxylation is 1. The fourth-order valence-electron chi connectivity index (χ4n) is 5.13. The number of hydrogen-bond donors (Lipinski definition) is 1. The van der Waals surface area contributed by atoms with Gasteiger partial charge in [-0.3, -0.25) is 0 Å². The molecule has 0 radical (unpaired) electrons. The molecule has 1 saturated heterocycles. The Hall–Kier alpha value is -2.53. The zero-order valence-corrected chi connectivity index (χ0v) is 18.5. The number of aromatic nitrogens is 1. The van der Waals surface area contributed by atoms with Gasteiger partial charge in [-0.1, -0.05) is 18.2 Å². The molecule has 1 aliphatic heterocycles. The molecule has 1 saturated carbocycles. The van der Waals surface area contributed by atoms with E-state index >= 15 is 0 Å². The first-order chi connectivity index (χ1) is 15.2. The maximum Gasteiger partial charge on any atom is 0.195 e. The first-order valence-corrected chi connectivity index (χ1v) is 11.6. The number of fused-ring (bicyclic) bond motifs is 1. The molecule has 5 rings (SSSR count). The topological polar surface area (TPSA) is 56.5 Å². The van der Waals surface area contributed by atoms with Gasteiger partial charge in [0.1, 0.15) is 5.52 Å². The van der Waals surface area contributed by atoms with E-state index in [1.54, 1.807) is 7.11 Å². The maximum atomic E-state index is 6.33. The third-order valence-corrected chi connectivity index (χ3v) is 6.82. The SMILES string of the molecule is COc1ccc([C@H]2CNC[C@H](Cc3nc4cccc(C)c4o3)C2)cc1OC1CCCC1. The highest BCUT2D eigenvalue weighted by Gasteiger charge is 2.26. The van der Waals surface area contributed by atoms with Crippen LogP contribution in [0.2, 0.25) is 0 Å². The molecule has 5 nitrogen and oxygen atoms in total. The first-order valence-electron chi connectivity index (χ1n) is 11.6. The van der Waals surface area contributed by atoms with Crippen LogP contribution < -0.4 is 14.8 Å². The Balaban J connectivity index is 1.30. The second kappa shape index (κ2) is 8.91. The second-order valence-corrected chi connectivity index (χ2v) is 9.13. The van der Waals surface area contributed by atoms with Crippen LogP contribution in [0.15, 0.2) is 40.8 Å². The van der Waals surface area contributed by atoms with Crippen LogP contribution in [0.5, 0.6) is 11.5 Å². The van der Waals surface area contributed by atoms with Crippen LogP contribution in [-0.2, 0) is 6.42 Å². The van der Waals surface area contributed by atoms with Gasteiger partial charge in [-0.05, 0) is 86.7 Å². The number of nitrogens with zero attached hydrogens (tertiary/aromatic N) is 1. The molecule has 2 heterocycles. The zero-order chi connectivity index (χ0) is 21.2. The molecule has 2 aromatic carbocycles. The highest BCUT2D eigenvalue weighted by molar-refractivity contribution is 5.75. The van der Waals surface area contributed by atoms with Crippen LogP contribution in [0.25, 0.3) is 11.1 Å². The highest BCUT2D eigenvalue weighted by Crippen LogP contribution is 2.37. The summed E-state index contributed by atoms with van der Waals surface area (Å²) >= 11 is 0. The number of piperidine rings is 1. The van der Waals surface area contributed by atoms with Crippen LogP contribution in [0.3, 0.4) is 0 Å². The minimum atomic E-state index is 0.323. The molecular formula is C26H32N2O3. The van der Waals surface area contributed by atoms with Gasteiger partial charge in [0.15, 0.2) is 23.0 Å². The number of hydrogen-bond acceptors (Lipinski definition) is 5. The summed E-state index contributed by atoms with van der Waals surface area (Å²) in [4.78, 5) is 4.73. The summed E-state index contributed by atoms with van der Waals surface area (Å²) < 4.78 is 18.0. The van der Waals surface area contributed by atoms with Crippen molar-refractivity contribution in [3.63, 3.8) is 0 Å². The fourth-order valence-corrected chi connectivity index (χ4v) is 5.13. The molecule has 2 fully saturated rings. The van der Waals surface area contributed by atoms with E-state index in [1.807, 2.05) is 12.1 Å². The Labute approximate surface area is 184 Å². The van der Waals surface area contributed by atoms with E-state index in [9.17, 15) is 0 Å². The Bertz CT molecular complexity index is 1040. The summed E-state index contributed by atoms with van der Waals surface area (Å²) in [5.41, 5.74) is 4.34. The molecule has 0 amide bonds. The van der Waals surface area contributed by atoms with E-state index in [4.69, 9.17) is 18.9 Å². The van der Waals surface area contributed by atoms with E-state index in [2.05, 4.69) is 36.5 Å². The van der Waals surface area contributed by atoms with Crippen molar-refractivity contribution in [1.82, 2.24) is 10.3 Å². The number of para-hydroxylation sites is 1. The van der Waals surface area contributed by atoms with E-state index < -0.39 is 0 Å². The summed E-state index contributed by atoms with van der Waals surface area (Å²) in [5, 5.41) is 3.63. The summed E-state index contributed by atoms with van der Waals surface area (Å²) in [7, 11) is 1.72. The molecular weight excluding hydrogens is 388 g/mol. The molecule has 164 valence electrons. The predicted octanol–water partition coefficient (Wildman–Crippen LogP) is 5.40. The van der Waals surface area contributed by atoms with E-state index in [1.165, 1.54) is 18.4 Å². The van der Waals surface area contributed by atoms with Gasteiger partial charge in [-0.25, -0.2) is 4.98 Å². The normalized spacial score (nSPS) is 22.1. The molecule has 0 spiro atoms. The Morgan fingerprint density at radius 1 is 1.10 bits per heavy atom. The van der Waals surface area contributed by atoms with Crippen LogP contribution >= 0.6 is 0 Å². The second-order valence-electron chi connectivity index (χ2n) is 9.13. The quantitative estimate of drug-likeness (QED) is 0.578. The monoisotopic (exact) mass is 420 g/mol. The number of rotatable bonds is 6.